The third kappa shape index (κ3) is 5.61. The molecule has 0 amide bonds. The highest BCUT2D eigenvalue weighted by atomic mass is 31.1. The molecule has 0 bridgehead atoms. The molecule has 3 aromatic carbocycles. The van der Waals surface area contributed by atoms with Gasteiger partial charge in [0.1, 0.15) is 0 Å². The summed E-state index contributed by atoms with van der Waals surface area (Å²) in [6.45, 7) is 6.26. The summed E-state index contributed by atoms with van der Waals surface area (Å²) < 4.78 is 16.8. The topological polar surface area (TPSA) is 27.7 Å². The summed E-state index contributed by atoms with van der Waals surface area (Å²) in [5.41, 5.74) is 3.57. The lowest BCUT2D eigenvalue weighted by Gasteiger charge is -2.23. The highest BCUT2D eigenvalue weighted by molar-refractivity contribution is 7.79. The number of methoxy groups -OCH3 is 3. The molecular formula is C27H33O3P. The van der Waals surface area contributed by atoms with Crippen LogP contribution in [0.25, 0.3) is 0 Å². The van der Waals surface area contributed by atoms with E-state index in [9.17, 15) is 0 Å². The molecule has 164 valence electrons. The normalized spacial score (nSPS) is 14.4. The van der Waals surface area contributed by atoms with Crippen LogP contribution in [0.1, 0.15) is 55.8 Å². The minimum Gasteiger partial charge on any atom is -0.377 e. The number of rotatable bonds is 9. The Labute approximate surface area is 188 Å². The summed E-state index contributed by atoms with van der Waals surface area (Å²) in [6.07, 6.45) is 0.157. The lowest BCUT2D eigenvalue weighted by Crippen LogP contribution is -2.22. The van der Waals surface area contributed by atoms with Crippen molar-refractivity contribution < 1.29 is 14.2 Å². The molecule has 3 rings (SSSR count). The maximum atomic E-state index is 5.59. The number of hydrogen-bond donors (Lipinski definition) is 0. The summed E-state index contributed by atoms with van der Waals surface area (Å²) in [5.74, 6) is 0. The Morgan fingerprint density at radius 2 is 0.806 bits per heavy atom. The second kappa shape index (κ2) is 11.0. The van der Waals surface area contributed by atoms with Gasteiger partial charge in [0.2, 0.25) is 0 Å². The molecule has 0 aromatic heterocycles. The molecule has 0 aliphatic heterocycles. The van der Waals surface area contributed by atoms with Crippen molar-refractivity contribution in [3.63, 3.8) is 0 Å². The zero-order valence-electron chi connectivity index (χ0n) is 19.3. The highest BCUT2D eigenvalue weighted by Crippen LogP contribution is 2.35. The van der Waals surface area contributed by atoms with Crippen LogP contribution in [-0.4, -0.2) is 21.3 Å². The Morgan fingerprint density at radius 3 is 1.06 bits per heavy atom. The van der Waals surface area contributed by atoms with Crippen molar-refractivity contribution >= 4 is 23.8 Å². The fraction of sp³-hybridized carbons (Fsp3) is 0.333. The first-order chi connectivity index (χ1) is 15.0. The van der Waals surface area contributed by atoms with E-state index in [1.807, 2.05) is 0 Å². The van der Waals surface area contributed by atoms with Crippen molar-refractivity contribution in [1.29, 1.82) is 0 Å². The molecule has 3 nitrogen and oxygen atoms in total. The van der Waals surface area contributed by atoms with Crippen LogP contribution >= 0.6 is 7.92 Å². The molecule has 0 N–H and O–H groups in total. The highest BCUT2D eigenvalue weighted by Gasteiger charge is 2.20. The van der Waals surface area contributed by atoms with Crippen LogP contribution in [0.3, 0.4) is 0 Å². The molecule has 0 unspecified atom stereocenters. The van der Waals surface area contributed by atoms with Crippen LogP contribution in [0.2, 0.25) is 0 Å². The zero-order chi connectivity index (χ0) is 22.4. The summed E-state index contributed by atoms with van der Waals surface area (Å²) >= 11 is 0. The second-order valence-electron chi connectivity index (χ2n) is 7.75. The molecule has 3 aromatic rings. The van der Waals surface area contributed by atoms with Gasteiger partial charge in [0.05, 0.1) is 18.3 Å². The molecular weight excluding hydrogens is 403 g/mol. The van der Waals surface area contributed by atoms with E-state index in [0.29, 0.717) is 0 Å². The smallest absolute Gasteiger partial charge is 0.0793 e. The lowest BCUT2D eigenvalue weighted by molar-refractivity contribution is 0.119. The minimum atomic E-state index is -0.751. The van der Waals surface area contributed by atoms with E-state index in [2.05, 4.69) is 93.6 Å². The Bertz CT molecular complexity index is 860. The first-order valence-electron chi connectivity index (χ1n) is 10.7. The van der Waals surface area contributed by atoms with Gasteiger partial charge in [-0.05, 0) is 79.5 Å². The van der Waals surface area contributed by atoms with Crippen LogP contribution < -0.4 is 15.9 Å². The minimum absolute atomic E-state index is 0.0523. The van der Waals surface area contributed by atoms with E-state index in [1.165, 1.54) is 32.6 Å². The standard InChI is InChI=1S/C27H33O3P/c1-19(28-4)22-10-7-13-25(16-22)31(26-14-8-11-23(17-26)20(2)29-5)27-15-9-12-24(18-27)21(3)30-6/h7-21H,1-6H3/t19-,20-,21-/m1/s1. The van der Waals surface area contributed by atoms with Crippen molar-refractivity contribution in [2.24, 2.45) is 0 Å². The quantitative estimate of drug-likeness (QED) is 0.411. The van der Waals surface area contributed by atoms with Gasteiger partial charge < -0.3 is 14.2 Å². The van der Waals surface area contributed by atoms with Crippen molar-refractivity contribution in [2.75, 3.05) is 21.3 Å². The van der Waals surface area contributed by atoms with E-state index < -0.39 is 7.92 Å². The molecule has 0 radical (unpaired) electrons. The second-order valence-corrected chi connectivity index (χ2v) is 9.97. The van der Waals surface area contributed by atoms with Gasteiger partial charge in [-0.2, -0.15) is 0 Å². The van der Waals surface area contributed by atoms with Gasteiger partial charge in [-0.3, -0.25) is 0 Å². The number of benzene rings is 3. The molecule has 0 aliphatic rings. The summed E-state index contributed by atoms with van der Waals surface area (Å²) in [6, 6.07) is 26.4. The maximum Gasteiger partial charge on any atom is 0.0793 e. The third-order valence-corrected chi connectivity index (χ3v) is 8.24. The van der Waals surface area contributed by atoms with Crippen LogP contribution in [0.15, 0.2) is 72.8 Å². The molecule has 0 fully saturated rings. The molecule has 0 saturated heterocycles. The Balaban J connectivity index is 2.16. The zero-order valence-corrected chi connectivity index (χ0v) is 20.2. The van der Waals surface area contributed by atoms with Gasteiger partial charge in [0.15, 0.2) is 0 Å². The lowest BCUT2D eigenvalue weighted by atomic mass is 10.1. The largest absolute Gasteiger partial charge is 0.377 e. The van der Waals surface area contributed by atoms with E-state index in [-0.39, 0.29) is 18.3 Å². The average Bonchev–Trinajstić information content (AvgIpc) is 2.83. The maximum absolute atomic E-state index is 5.59. The van der Waals surface area contributed by atoms with Crippen LogP contribution in [0.5, 0.6) is 0 Å². The van der Waals surface area contributed by atoms with Gasteiger partial charge in [-0.25, -0.2) is 0 Å². The predicted molar refractivity (Wildman–Crippen MR) is 131 cm³/mol. The van der Waals surface area contributed by atoms with Gasteiger partial charge in [0.25, 0.3) is 0 Å². The fourth-order valence-electron chi connectivity index (χ4n) is 3.61. The van der Waals surface area contributed by atoms with Crippen molar-refractivity contribution in [3.8, 4) is 0 Å². The fourth-order valence-corrected chi connectivity index (χ4v) is 6.04. The number of hydrogen-bond acceptors (Lipinski definition) is 3. The Hall–Kier alpha value is -2.03. The molecule has 0 spiro atoms. The summed E-state index contributed by atoms with van der Waals surface area (Å²) in [4.78, 5) is 0. The molecule has 4 heteroatoms. The van der Waals surface area contributed by atoms with Crippen LogP contribution in [0.4, 0.5) is 0 Å². The molecule has 0 heterocycles. The van der Waals surface area contributed by atoms with E-state index in [4.69, 9.17) is 14.2 Å². The van der Waals surface area contributed by atoms with Crippen molar-refractivity contribution in [1.82, 2.24) is 0 Å². The molecule has 31 heavy (non-hydrogen) atoms. The number of ether oxygens (including phenoxy) is 3. The van der Waals surface area contributed by atoms with E-state index >= 15 is 0 Å². The third-order valence-electron chi connectivity index (χ3n) is 5.85. The van der Waals surface area contributed by atoms with Gasteiger partial charge in [-0.1, -0.05) is 54.6 Å². The van der Waals surface area contributed by atoms with Gasteiger partial charge in [0, 0.05) is 21.3 Å². The first kappa shape index (κ1) is 23.6. The monoisotopic (exact) mass is 436 g/mol. The predicted octanol–water partition coefficient (Wildman–Crippen LogP) is 5.57. The molecule has 3 atom stereocenters. The van der Waals surface area contributed by atoms with E-state index in [1.54, 1.807) is 21.3 Å². The Morgan fingerprint density at radius 1 is 0.516 bits per heavy atom. The van der Waals surface area contributed by atoms with Crippen molar-refractivity contribution in [2.45, 2.75) is 39.1 Å². The van der Waals surface area contributed by atoms with Gasteiger partial charge in [-0.15, -0.1) is 0 Å². The molecule has 0 aliphatic carbocycles. The Kier molecular flexibility index (Phi) is 8.40. The van der Waals surface area contributed by atoms with Crippen LogP contribution in [-0.2, 0) is 14.2 Å². The van der Waals surface area contributed by atoms with Crippen molar-refractivity contribution in [3.05, 3.63) is 89.5 Å². The summed E-state index contributed by atoms with van der Waals surface area (Å²) in [7, 11) is 4.52. The van der Waals surface area contributed by atoms with E-state index in [0.717, 1.165) is 0 Å². The SMILES string of the molecule is CO[C@H](C)c1cccc(P(c2cccc([C@@H](C)OC)c2)c2cccc([C@@H](C)OC)c2)c1. The molecule has 0 saturated carbocycles. The first-order valence-corrected chi connectivity index (χ1v) is 12.0. The average molecular weight is 437 g/mol. The van der Waals surface area contributed by atoms with Gasteiger partial charge >= 0.3 is 0 Å². The summed E-state index contributed by atoms with van der Waals surface area (Å²) in [5, 5.41) is 3.92. The van der Waals surface area contributed by atoms with Crippen LogP contribution in [0, 0.1) is 0 Å².